The standard InChI is InChI=1S/C16H16N6O2/c1-18-16(24)20-7-8-3-2-4-9-10(8)11(17)13-12(9)21-15(23)14-19-5-6-22(13)14/h2-6,11H,7,17H2,1H3,(H,21,23)(H2,18,20,24). The Balaban J connectivity index is 1.88. The molecule has 8 nitrogen and oxygen atoms in total. The molecule has 2 amide bonds. The summed E-state index contributed by atoms with van der Waals surface area (Å²) in [4.78, 5) is 30.6. The summed E-state index contributed by atoms with van der Waals surface area (Å²) in [6.07, 6.45) is 3.31. The average Bonchev–Trinajstić information content (AvgIpc) is 3.17. The number of aromatic amines is 1. The van der Waals surface area contributed by atoms with Crippen LogP contribution in [-0.2, 0) is 6.54 Å². The second-order valence-corrected chi connectivity index (χ2v) is 5.62. The lowest BCUT2D eigenvalue weighted by molar-refractivity contribution is 0.242. The number of H-pyrrole nitrogens is 1. The molecule has 1 aromatic carbocycles. The van der Waals surface area contributed by atoms with Gasteiger partial charge in [0.2, 0.25) is 5.65 Å². The van der Waals surface area contributed by atoms with Gasteiger partial charge in [-0.15, -0.1) is 0 Å². The van der Waals surface area contributed by atoms with Crippen molar-refractivity contribution in [2.75, 3.05) is 7.05 Å². The van der Waals surface area contributed by atoms with Gasteiger partial charge in [0, 0.05) is 31.5 Å². The van der Waals surface area contributed by atoms with Crippen LogP contribution in [-0.4, -0.2) is 27.4 Å². The van der Waals surface area contributed by atoms with Gasteiger partial charge in [-0.05, 0) is 11.1 Å². The van der Waals surface area contributed by atoms with Gasteiger partial charge in [-0.2, -0.15) is 0 Å². The van der Waals surface area contributed by atoms with Gasteiger partial charge in [-0.1, -0.05) is 18.2 Å². The SMILES string of the molecule is CNC(=O)NCc1cccc2c1C(N)c1c-2[nH]c(=O)c2nccn12. The van der Waals surface area contributed by atoms with Crippen LogP contribution in [0.5, 0.6) is 0 Å². The number of nitrogens with one attached hydrogen (secondary N) is 3. The molecular formula is C16H16N6O2. The van der Waals surface area contributed by atoms with Gasteiger partial charge in [-0.25, -0.2) is 9.78 Å². The van der Waals surface area contributed by atoms with Gasteiger partial charge in [0.25, 0.3) is 5.56 Å². The van der Waals surface area contributed by atoms with Crippen LogP contribution < -0.4 is 21.9 Å². The van der Waals surface area contributed by atoms with E-state index in [9.17, 15) is 9.59 Å². The van der Waals surface area contributed by atoms with Gasteiger partial charge in [0.1, 0.15) is 0 Å². The number of nitrogens with two attached hydrogens (primary N) is 1. The highest BCUT2D eigenvalue weighted by Gasteiger charge is 2.32. The van der Waals surface area contributed by atoms with E-state index in [1.165, 1.54) is 0 Å². The molecule has 3 aromatic rings. The molecule has 2 heterocycles. The Morgan fingerprint density at radius 1 is 1.46 bits per heavy atom. The smallest absolute Gasteiger partial charge is 0.314 e. The number of aromatic nitrogens is 3. The molecule has 1 aliphatic carbocycles. The molecular weight excluding hydrogens is 308 g/mol. The molecule has 1 aliphatic rings. The molecule has 0 saturated heterocycles. The molecule has 8 heteroatoms. The highest BCUT2D eigenvalue weighted by Crippen LogP contribution is 2.42. The van der Waals surface area contributed by atoms with Crippen LogP contribution in [0.15, 0.2) is 35.4 Å². The van der Waals surface area contributed by atoms with E-state index in [2.05, 4.69) is 20.6 Å². The molecule has 0 bridgehead atoms. The maximum atomic E-state index is 12.2. The van der Waals surface area contributed by atoms with E-state index >= 15 is 0 Å². The van der Waals surface area contributed by atoms with E-state index in [4.69, 9.17) is 5.73 Å². The Hall–Kier alpha value is -3.13. The van der Waals surface area contributed by atoms with Gasteiger partial charge in [0.05, 0.1) is 17.4 Å². The topological polar surface area (TPSA) is 117 Å². The molecule has 24 heavy (non-hydrogen) atoms. The average molecular weight is 324 g/mol. The first kappa shape index (κ1) is 14.5. The largest absolute Gasteiger partial charge is 0.341 e. The Bertz CT molecular complexity index is 1020. The van der Waals surface area contributed by atoms with Crippen molar-refractivity contribution in [2.45, 2.75) is 12.6 Å². The predicted octanol–water partition coefficient (Wildman–Crippen LogP) is 0.480. The molecule has 1 unspecified atom stereocenters. The first-order valence-electron chi connectivity index (χ1n) is 7.54. The van der Waals surface area contributed by atoms with Gasteiger partial charge < -0.3 is 21.4 Å². The number of hydrogen-bond donors (Lipinski definition) is 4. The predicted molar refractivity (Wildman–Crippen MR) is 88.6 cm³/mol. The number of carbonyl (C=O) groups is 1. The number of rotatable bonds is 2. The van der Waals surface area contributed by atoms with E-state index in [-0.39, 0.29) is 11.6 Å². The van der Waals surface area contributed by atoms with Crippen molar-refractivity contribution in [3.63, 3.8) is 0 Å². The van der Waals surface area contributed by atoms with Crippen molar-refractivity contribution in [1.29, 1.82) is 0 Å². The lowest BCUT2D eigenvalue weighted by atomic mass is 10.00. The third-order valence-electron chi connectivity index (χ3n) is 4.34. The molecule has 2 aromatic heterocycles. The summed E-state index contributed by atoms with van der Waals surface area (Å²) in [6.45, 7) is 0.349. The Morgan fingerprint density at radius 3 is 3.08 bits per heavy atom. The lowest BCUT2D eigenvalue weighted by Crippen LogP contribution is -2.32. The molecule has 5 N–H and O–H groups in total. The van der Waals surface area contributed by atoms with Crippen LogP contribution in [0.2, 0.25) is 0 Å². The number of carbonyl (C=O) groups excluding carboxylic acids is 1. The quantitative estimate of drug-likeness (QED) is 0.548. The van der Waals surface area contributed by atoms with E-state index in [0.29, 0.717) is 17.9 Å². The van der Waals surface area contributed by atoms with Crippen LogP contribution in [0.4, 0.5) is 4.79 Å². The van der Waals surface area contributed by atoms with Crippen LogP contribution >= 0.6 is 0 Å². The van der Waals surface area contributed by atoms with Crippen molar-refractivity contribution in [3.8, 4) is 11.3 Å². The third kappa shape index (κ3) is 1.93. The molecule has 4 rings (SSSR count). The first-order chi connectivity index (χ1) is 11.6. The molecule has 0 spiro atoms. The Labute approximate surface area is 136 Å². The minimum atomic E-state index is -0.411. The number of fused-ring (bicyclic) bond motifs is 5. The van der Waals surface area contributed by atoms with E-state index in [1.54, 1.807) is 23.8 Å². The van der Waals surface area contributed by atoms with E-state index in [0.717, 1.165) is 22.4 Å². The van der Waals surface area contributed by atoms with Crippen LogP contribution in [0, 0.1) is 0 Å². The maximum absolute atomic E-state index is 12.2. The zero-order valence-electron chi connectivity index (χ0n) is 13.0. The summed E-state index contributed by atoms with van der Waals surface area (Å²) in [5.74, 6) is 0. The number of imidazole rings is 1. The lowest BCUT2D eigenvalue weighted by Gasteiger charge is -2.13. The maximum Gasteiger partial charge on any atom is 0.314 e. The number of hydrogen-bond acceptors (Lipinski definition) is 4. The second kappa shape index (κ2) is 5.20. The molecule has 0 saturated carbocycles. The normalized spacial score (nSPS) is 15.2. The Morgan fingerprint density at radius 2 is 2.29 bits per heavy atom. The number of urea groups is 1. The monoisotopic (exact) mass is 324 g/mol. The van der Waals surface area contributed by atoms with Crippen molar-refractivity contribution in [3.05, 3.63) is 57.8 Å². The molecule has 1 atom stereocenters. The zero-order chi connectivity index (χ0) is 16.8. The Kier molecular flexibility index (Phi) is 3.14. The molecule has 122 valence electrons. The summed E-state index contributed by atoms with van der Waals surface area (Å²) < 4.78 is 1.73. The minimum Gasteiger partial charge on any atom is -0.341 e. The van der Waals surface area contributed by atoms with E-state index in [1.807, 2.05) is 18.2 Å². The number of benzene rings is 1. The number of nitrogens with zero attached hydrogens (tertiary/aromatic N) is 2. The van der Waals surface area contributed by atoms with Crippen molar-refractivity contribution in [2.24, 2.45) is 5.73 Å². The molecule has 0 radical (unpaired) electrons. The van der Waals surface area contributed by atoms with Crippen molar-refractivity contribution in [1.82, 2.24) is 25.0 Å². The van der Waals surface area contributed by atoms with Gasteiger partial charge in [0.15, 0.2) is 0 Å². The first-order valence-corrected chi connectivity index (χ1v) is 7.54. The highest BCUT2D eigenvalue weighted by atomic mass is 16.2. The molecule has 0 aliphatic heterocycles. The van der Waals surface area contributed by atoms with Crippen LogP contribution in [0.3, 0.4) is 0 Å². The summed E-state index contributed by atoms with van der Waals surface area (Å²) in [7, 11) is 1.56. The highest BCUT2D eigenvalue weighted by molar-refractivity contribution is 5.77. The van der Waals surface area contributed by atoms with Gasteiger partial charge in [-0.3, -0.25) is 9.20 Å². The zero-order valence-corrected chi connectivity index (χ0v) is 13.0. The number of amides is 2. The van der Waals surface area contributed by atoms with Crippen LogP contribution in [0.25, 0.3) is 16.9 Å². The fraction of sp³-hybridized carbons (Fsp3) is 0.188. The minimum absolute atomic E-state index is 0.257. The molecule has 0 fully saturated rings. The fourth-order valence-corrected chi connectivity index (χ4v) is 3.28. The second-order valence-electron chi connectivity index (χ2n) is 5.62. The summed E-state index contributed by atoms with van der Waals surface area (Å²) in [6, 6.07) is 5.05. The summed E-state index contributed by atoms with van der Waals surface area (Å²) in [5, 5.41) is 5.29. The fourth-order valence-electron chi connectivity index (χ4n) is 3.28. The van der Waals surface area contributed by atoms with Crippen LogP contribution in [0.1, 0.15) is 22.9 Å². The summed E-state index contributed by atoms with van der Waals surface area (Å²) >= 11 is 0. The van der Waals surface area contributed by atoms with Crippen molar-refractivity contribution < 1.29 is 4.79 Å². The third-order valence-corrected chi connectivity index (χ3v) is 4.34. The van der Waals surface area contributed by atoms with Crippen molar-refractivity contribution >= 4 is 11.7 Å². The van der Waals surface area contributed by atoms with Gasteiger partial charge >= 0.3 is 6.03 Å². The summed E-state index contributed by atoms with van der Waals surface area (Å²) in [5.41, 5.74) is 10.7. The van der Waals surface area contributed by atoms with E-state index < -0.39 is 6.04 Å².